The van der Waals surface area contributed by atoms with Crippen LogP contribution in [-0.2, 0) is 9.47 Å². The maximum absolute atomic E-state index is 12.0. The second-order valence-corrected chi connectivity index (χ2v) is 6.73. The molecular weight excluding hydrogens is 304 g/mol. The van der Waals surface area contributed by atoms with Gasteiger partial charge in [0.1, 0.15) is 6.61 Å². The molecule has 1 unspecified atom stereocenters. The lowest BCUT2D eigenvalue weighted by atomic mass is 10.1. The standard InChI is InChI=1S/C19H28N2O3/c1-16-5-7-17(8-6-16)18-15-20(11-13-23-18)12-14-24-19(22)21-9-3-2-4-10-21/h5-8,18H,2-4,9-15H2,1H3. The van der Waals surface area contributed by atoms with Gasteiger partial charge in [-0.1, -0.05) is 29.8 Å². The number of carbonyl (C=O) groups is 1. The van der Waals surface area contributed by atoms with Crippen LogP contribution in [0.1, 0.15) is 36.5 Å². The van der Waals surface area contributed by atoms with E-state index in [0.29, 0.717) is 6.61 Å². The quantitative estimate of drug-likeness (QED) is 0.850. The molecule has 0 bridgehead atoms. The molecule has 2 heterocycles. The number of hydrogen-bond acceptors (Lipinski definition) is 4. The molecule has 2 saturated heterocycles. The Bertz CT molecular complexity index is 526. The fourth-order valence-electron chi connectivity index (χ4n) is 3.32. The molecule has 0 saturated carbocycles. The van der Waals surface area contributed by atoms with Crippen LogP contribution in [-0.4, -0.2) is 61.8 Å². The van der Waals surface area contributed by atoms with E-state index >= 15 is 0 Å². The number of ether oxygens (including phenoxy) is 2. The molecule has 1 aromatic rings. The average Bonchev–Trinajstić information content (AvgIpc) is 2.63. The molecule has 0 radical (unpaired) electrons. The van der Waals surface area contributed by atoms with Gasteiger partial charge in [-0.3, -0.25) is 4.90 Å². The number of benzene rings is 1. The molecule has 0 N–H and O–H groups in total. The summed E-state index contributed by atoms with van der Waals surface area (Å²) in [5.74, 6) is 0. The molecule has 3 rings (SSSR count). The molecule has 1 amide bonds. The molecule has 0 aliphatic carbocycles. The van der Waals surface area contributed by atoms with Crippen LogP contribution in [0.2, 0.25) is 0 Å². The molecular formula is C19H28N2O3. The minimum atomic E-state index is -0.155. The summed E-state index contributed by atoms with van der Waals surface area (Å²) in [5.41, 5.74) is 2.48. The Hall–Kier alpha value is -1.59. The summed E-state index contributed by atoms with van der Waals surface area (Å²) < 4.78 is 11.3. The van der Waals surface area contributed by atoms with Gasteiger partial charge in [0.05, 0.1) is 12.7 Å². The van der Waals surface area contributed by atoms with Gasteiger partial charge in [-0.2, -0.15) is 0 Å². The Morgan fingerprint density at radius 1 is 1.17 bits per heavy atom. The van der Waals surface area contributed by atoms with Crippen LogP contribution >= 0.6 is 0 Å². The molecule has 5 heteroatoms. The first-order valence-electron chi connectivity index (χ1n) is 9.04. The van der Waals surface area contributed by atoms with Crippen molar-refractivity contribution >= 4 is 6.09 Å². The number of amides is 1. The molecule has 2 aliphatic rings. The Balaban J connectivity index is 1.42. The van der Waals surface area contributed by atoms with E-state index in [0.717, 1.165) is 52.2 Å². The van der Waals surface area contributed by atoms with E-state index in [9.17, 15) is 4.79 Å². The Morgan fingerprint density at radius 2 is 1.92 bits per heavy atom. The van der Waals surface area contributed by atoms with Crippen molar-refractivity contribution in [3.05, 3.63) is 35.4 Å². The van der Waals surface area contributed by atoms with E-state index in [1.807, 2.05) is 4.90 Å². The lowest BCUT2D eigenvalue weighted by Gasteiger charge is -2.33. The van der Waals surface area contributed by atoms with Crippen LogP contribution in [0.5, 0.6) is 0 Å². The molecule has 0 spiro atoms. The zero-order chi connectivity index (χ0) is 16.8. The first kappa shape index (κ1) is 17.2. The third-order valence-corrected chi connectivity index (χ3v) is 4.85. The molecule has 2 fully saturated rings. The topological polar surface area (TPSA) is 42.0 Å². The van der Waals surface area contributed by atoms with Gasteiger partial charge in [0.15, 0.2) is 0 Å². The third-order valence-electron chi connectivity index (χ3n) is 4.85. The predicted molar refractivity (Wildman–Crippen MR) is 93.1 cm³/mol. The highest BCUT2D eigenvalue weighted by atomic mass is 16.6. The molecule has 132 valence electrons. The number of carbonyl (C=O) groups excluding carboxylic acids is 1. The maximum Gasteiger partial charge on any atom is 0.409 e. The van der Waals surface area contributed by atoms with E-state index < -0.39 is 0 Å². The van der Waals surface area contributed by atoms with Gasteiger partial charge in [0.25, 0.3) is 0 Å². The van der Waals surface area contributed by atoms with Crippen molar-refractivity contribution in [1.82, 2.24) is 9.80 Å². The van der Waals surface area contributed by atoms with Crippen LogP contribution < -0.4 is 0 Å². The van der Waals surface area contributed by atoms with Crippen LogP contribution in [0.4, 0.5) is 4.79 Å². The molecule has 0 aromatic heterocycles. The first-order valence-corrected chi connectivity index (χ1v) is 9.04. The number of likely N-dealkylation sites (tertiary alicyclic amines) is 1. The molecule has 2 aliphatic heterocycles. The Labute approximate surface area is 144 Å². The van der Waals surface area contributed by atoms with Crippen molar-refractivity contribution in [3.63, 3.8) is 0 Å². The lowest BCUT2D eigenvalue weighted by molar-refractivity contribution is -0.0353. The van der Waals surface area contributed by atoms with Crippen molar-refractivity contribution in [2.75, 3.05) is 45.9 Å². The van der Waals surface area contributed by atoms with Crippen molar-refractivity contribution < 1.29 is 14.3 Å². The Kier molecular flexibility index (Phi) is 6.10. The number of morpholine rings is 1. The lowest BCUT2D eigenvalue weighted by Crippen LogP contribution is -2.41. The molecule has 5 nitrogen and oxygen atoms in total. The number of aryl methyl sites for hydroxylation is 1. The molecule has 24 heavy (non-hydrogen) atoms. The predicted octanol–water partition coefficient (Wildman–Crippen LogP) is 2.99. The van der Waals surface area contributed by atoms with Crippen molar-refractivity contribution in [2.24, 2.45) is 0 Å². The fraction of sp³-hybridized carbons (Fsp3) is 0.632. The highest BCUT2D eigenvalue weighted by Crippen LogP contribution is 2.22. The highest BCUT2D eigenvalue weighted by Gasteiger charge is 2.22. The second-order valence-electron chi connectivity index (χ2n) is 6.73. The normalized spacial score (nSPS) is 22.4. The minimum Gasteiger partial charge on any atom is -0.448 e. The maximum atomic E-state index is 12.0. The van der Waals surface area contributed by atoms with Crippen LogP contribution in [0, 0.1) is 6.92 Å². The highest BCUT2D eigenvalue weighted by molar-refractivity contribution is 5.67. The SMILES string of the molecule is Cc1ccc(C2CN(CCOC(=O)N3CCCCC3)CCO2)cc1. The van der Waals surface area contributed by atoms with Crippen LogP contribution in [0.15, 0.2) is 24.3 Å². The van der Waals surface area contributed by atoms with E-state index in [1.54, 1.807) is 0 Å². The summed E-state index contributed by atoms with van der Waals surface area (Å²) in [7, 11) is 0. The van der Waals surface area contributed by atoms with Crippen molar-refractivity contribution in [3.8, 4) is 0 Å². The monoisotopic (exact) mass is 332 g/mol. The van der Waals surface area contributed by atoms with Gasteiger partial charge >= 0.3 is 6.09 Å². The number of rotatable bonds is 4. The van der Waals surface area contributed by atoms with E-state index in [2.05, 4.69) is 36.1 Å². The van der Waals surface area contributed by atoms with Gasteiger partial charge in [0.2, 0.25) is 0 Å². The van der Waals surface area contributed by atoms with Crippen LogP contribution in [0.3, 0.4) is 0 Å². The molecule has 1 aromatic carbocycles. The van der Waals surface area contributed by atoms with Gasteiger partial charge in [-0.15, -0.1) is 0 Å². The number of hydrogen-bond donors (Lipinski definition) is 0. The summed E-state index contributed by atoms with van der Waals surface area (Å²) in [5, 5.41) is 0. The van der Waals surface area contributed by atoms with Gasteiger partial charge < -0.3 is 14.4 Å². The summed E-state index contributed by atoms with van der Waals surface area (Å²) in [6.45, 7) is 7.46. The van der Waals surface area contributed by atoms with Gasteiger partial charge in [-0.25, -0.2) is 4.79 Å². The van der Waals surface area contributed by atoms with E-state index in [4.69, 9.17) is 9.47 Å². The average molecular weight is 332 g/mol. The summed E-state index contributed by atoms with van der Waals surface area (Å²) in [6, 6.07) is 8.52. The largest absolute Gasteiger partial charge is 0.448 e. The third kappa shape index (κ3) is 4.71. The molecule has 1 atom stereocenters. The zero-order valence-corrected chi connectivity index (χ0v) is 14.6. The summed E-state index contributed by atoms with van der Waals surface area (Å²) in [6.07, 6.45) is 3.36. The fourth-order valence-corrected chi connectivity index (χ4v) is 3.32. The van der Waals surface area contributed by atoms with Gasteiger partial charge in [0, 0.05) is 32.7 Å². The zero-order valence-electron chi connectivity index (χ0n) is 14.6. The first-order chi connectivity index (χ1) is 11.7. The number of piperidine rings is 1. The number of nitrogens with zero attached hydrogens (tertiary/aromatic N) is 2. The summed E-state index contributed by atoms with van der Waals surface area (Å²) in [4.78, 5) is 16.2. The Morgan fingerprint density at radius 3 is 2.67 bits per heavy atom. The van der Waals surface area contributed by atoms with Crippen LogP contribution in [0.25, 0.3) is 0 Å². The minimum absolute atomic E-state index is 0.108. The van der Waals surface area contributed by atoms with E-state index in [1.165, 1.54) is 17.5 Å². The summed E-state index contributed by atoms with van der Waals surface area (Å²) >= 11 is 0. The smallest absolute Gasteiger partial charge is 0.409 e. The second kappa shape index (κ2) is 8.49. The van der Waals surface area contributed by atoms with Crippen molar-refractivity contribution in [1.29, 1.82) is 0 Å². The van der Waals surface area contributed by atoms with Gasteiger partial charge in [-0.05, 0) is 31.7 Å². The van der Waals surface area contributed by atoms with Crippen molar-refractivity contribution in [2.45, 2.75) is 32.3 Å². The van der Waals surface area contributed by atoms with E-state index in [-0.39, 0.29) is 12.2 Å².